The van der Waals surface area contributed by atoms with Gasteiger partial charge in [-0.25, -0.2) is 0 Å². The molecule has 1 aromatic carbocycles. The highest BCUT2D eigenvalue weighted by atomic mass is 15.2. The van der Waals surface area contributed by atoms with Crippen LogP contribution in [-0.2, 0) is 0 Å². The predicted molar refractivity (Wildman–Crippen MR) is 74.7 cm³/mol. The summed E-state index contributed by atoms with van der Waals surface area (Å²) in [6.45, 7) is 11.1. The molecule has 1 saturated heterocycles. The molecule has 1 aliphatic rings. The fourth-order valence-electron chi connectivity index (χ4n) is 2.74. The van der Waals surface area contributed by atoms with E-state index < -0.39 is 0 Å². The molecule has 1 unspecified atom stereocenters. The summed E-state index contributed by atoms with van der Waals surface area (Å²) in [5, 5.41) is 3.60. The van der Waals surface area contributed by atoms with E-state index in [9.17, 15) is 0 Å². The Morgan fingerprint density at radius 1 is 1.29 bits per heavy atom. The van der Waals surface area contributed by atoms with Crippen molar-refractivity contribution in [2.45, 2.75) is 45.7 Å². The lowest BCUT2D eigenvalue weighted by Crippen LogP contribution is -2.36. The monoisotopic (exact) mass is 232 g/mol. The van der Waals surface area contributed by atoms with E-state index in [0.717, 1.165) is 13.1 Å². The van der Waals surface area contributed by atoms with Gasteiger partial charge in [0, 0.05) is 30.4 Å². The van der Waals surface area contributed by atoms with Crippen molar-refractivity contribution in [3.63, 3.8) is 0 Å². The average molecular weight is 232 g/mol. The van der Waals surface area contributed by atoms with Gasteiger partial charge in [0.25, 0.3) is 0 Å². The van der Waals surface area contributed by atoms with Crippen LogP contribution < -0.4 is 10.2 Å². The summed E-state index contributed by atoms with van der Waals surface area (Å²) < 4.78 is 0. The van der Waals surface area contributed by atoms with Crippen LogP contribution in [0.5, 0.6) is 0 Å². The normalized spacial score (nSPS) is 22.7. The Balaban J connectivity index is 2.14. The first-order valence-electron chi connectivity index (χ1n) is 6.60. The maximum atomic E-state index is 3.60. The maximum Gasteiger partial charge on any atom is 0.0431 e. The molecular weight excluding hydrogens is 208 g/mol. The zero-order valence-electron chi connectivity index (χ0n) is 11.5. The Morgan fingerprint density at radius 3 is 2.41 bits per heavy atom. The molecule has 1 atom stereocenters. The van der Waals surface area contributed by atoms with Gasteiger partial charge in [-0.3, -0.25) is 0 Å². The van der Waals surface area contributed by atoms with Crippen LogP contribution in [0.3, 0.4) is 0 Å². The molecule has 94 valence electrons. The molecule has 2 nitrogen and oxygen atoms in total. The number of rotatable bonds is 3. The van der Waals surface area contributed by atoms with Crippen molar-refractivity contribution in [1.29, 1.82) is 0 Å². The van der Waals surface area contributed by atoms with Crippen LogP contribution in [0.4, 0.5) is 5.69 Å². The molecule has 2 heteroatoms. The number of nitrogens with zero attached hydrogens (tertiary/aromatic N) is 1. The first-order valence-corrected chi connectivity index (χ1v) is 6.60. The molecular formula is C15H24N2. The minimum absolute atomic E-state index is 0.281. The number of benzene rings is 1. The summed E-state index contributed by atoms with van der Waals surface area (Å²) in [6.07, 6.45) is 1.22. The van der Waals surface area contributed by atoms with Crippen LogP contribution >= 0.6 is 0 Å². The molecule has 1 heterocycles. The van der Waals surface area contributed by atoms with Gasteiger partial charge < -0.3 is 10.2 Å². The van der Waals surface area contributed by atoms with Crippen molar-refractivity contribution in [2.75, 3.05) is 18.0 Å². The van der Waals surface area contributed by atoms with E-state index >= 15 is 0 Å². The molecule has 1 aromatic rings. The highest BCUT2D eigenvalue weighted by Gasteiger charge is 2.33. The zero-order valence-corrected chi connectivity index (χ0v) is 11.5. The summed E-state index contributed by atoms with van der Waals surface area (Å²) in [5.74, 6) is 0. The fraction of sp³-hybridized carbons (Fsp3) is 0.600. The zero-order chi connectivity index (χ0) is 12.5. The number of aryl methyl sites for hydroxylation is 1. The smallest absolute Gasteiger partial charge is 0.0431 e. The van der Waals surface area contributed by atoms with E-state index in [4.69, 9.17) is 0 Å². The Morgan fingerprint density at radius 2 is 1.94 bits per heavy atom. The van der Waals surface area contributed by atoms with Gasteiger partial charge in [0.2, 0.25) is 0 Å². The van der Waals surface area contributed by atoms with Crippen LogP contribution in [0, 0.1) is 6.92 Å². The average Bonchev–Trinajstić information content (AvgIpc) is 2.63. The lowest BCUT2D eigenvalue weighted by Gasteiger charge is -2.30. The summed E-state index contributed by atoms with van der Waals surface area (Å²) in [4.78, 5) is 2.52. The Hall–Kier alpha value is -1.02. The van der Waals surface area contributed by atoms with E-state index in [0.29, 0.717) is 6.04 Å². The standard InChI is InChI=1S/C15H24N2/c1-5-17(13-8-6-12(2)7-9-13)14-10-15(3,4)16-11-14/h6-9,14,16H,5,10-11H2,1-4H3. The second kappa shape index (κ2) is 4.69. The Labute approximate surface area is 105 Å². The lowest BCUT2D eigenvalue weighted by atomic mass is 10.0. The Bertz CT molecular complexity index is 367. The number of likely N-dealkylation sites (N-methyl/N-ethyl adjacent to an activating group) is 1. The molecule has 1 fully saturated rings. The molecule has 0 saturated carbocycles. The van der Waals surface area contributed by atoms with E-state index in [2.05, 4.69) is 62.2 Å². The molecule has 2 rings (SSSR count). The van der Waals surface area contributed by atoms with Gasteiger partial charge in [-0.2, -0.15) is 0 Å². The molecule has 0 aliphatic carbocycles. The number of nitrogens with one attached hydrogen (secondary N) is 1. The highest BCUT2D eigenvalue weighted by molar-refractivity contribution is 5.48. The fourth-order valence-corrected chi connectivity index (χ4v) is 2.74. The van der Waals surface area contributed by atoms with Crippen molar-refractivity contribution in [2.24, 2.45) is 0 Å². The Kier molecular flexibility index (Phi) is 3.43. The molecule has 17 heavy (non-hydrogen) atoms. The molecule has 0 bridgehead atoms. The molecule has 0 radical (unpaired) electrons. The molecule has 0 amide bonds. The van der Waals surface area contributed by atoms with Gasteiger partial charge in [-0.05, 0) is 46.2 Å². The first-order chi connectivity index (χ1) is 8.02. The van der Waals surface area contributed by atoms with Crippen LogP contribution in [-0.4, -0.2) is 24.7 Å². The van der Waals surface area contributed by atoms with Crippen LogP contribution in [0.25, 0.3) is 0 Å². The molecule has 0 spiro atoms. The van der Waals surface area contributed by atoms with E-state index in [1.165, 1.54) is 17.7 Å². The quantitative estimate of drug-likeness (QED) is 0.862. The topological polar surface area (TPSA) is 15.3 Å². The first kappa shape index (κ1) is 12.4. The van der Waals surface area contributed by atoms with Gasteiger partial charge in [-0.1, -0.05) is 17.7 Å². The third-order valence-electron chi connectivity index (χ3n) is 3.71. The summed E-state index contributed by atoms with van der Waals surface area (Å²) >= 11 is 0. The van der Waals surface area contributed by atoms with Crippen molar-refractivity contribution in [3.05, 3.63) is 29.8 Å². The van der Waals surface area contributed by atoms with Crippen LogP contribution in [0.2, 0.25) is 0 Å². The SMILES string of the molecule is CCN(c1ccc(C)cc1)C1CNC(C)(C)C1. The van der Waals surface area contributed by atoms with Gasteiger partial charge >= 0.3 is 0 Å². The highest BCUT2D eigenvalue weighted by Crippen LogP contribution is 2.26. The van der Waals surface area contributed by atoms with Gasteiger partial charge in [-0.15, -0.1) is 0 Å². The van der Waals surface area contributed by atoms with E-state index in [-0.39, 0.29) is 5.54 Å². The number of hydrogen-bond acceptors (Lipinski definition) is 2. The van der Waals surface area contributed by atoms with Crippen molar-refractivity contribution < 1.29 is 0 Å². The third-order valence-corrected chi connectivity index (χ3v) is 3.71. The predicted octanol–water partition coefficient (Wildman–Crippen LogP) is 2.96. The maximum absolute atomic E-state index is 3.60. The second-order valence-electron chi connectivity index (χ2n) is 5.74. The number of anilines is 1. The van der Waals surface area contributed by atoms with Crippen LogP contribution in [0.1, 0.15) is 32.8 Å². The lowest BCUT2D eigenvalue weighted by molar-refractivity contribution is 0.452. The van der Waals surface area contributed by atoms with Gasteiger partial charge in [0.15, 0.2) is 0 Å². The van der Waals surface area contributed by atoms with Crippen molar-refractivity contribution >= 4 is 5.69 Å². The van der Waals surface area contributed by atoms with Gasteiger partial charge in [0.1, 0.15) is 0 Å². The van der Waals surface area contributed by atoms with Crippen LogP contribution in [0.15, 0.2) is 24.3 Å². The number of hydrogen-bond donors (Lipinski definition) is 1. The summed E-state index contributed by atoms with van der Waals surface area (Å²) in [7, 11) is 0. The minimum Gasteiger partial charge on any atom is -0.367 e. The largest absolute Gasteiger partial charge is 0.367 e. The van der Waals surface area contributed by atoms with Gasteiger partial charge in [0.05, 0.1) is 0 Å². The van der Waals surface area contributed by atoms with Crippen molar-refractivity contribution in [3.8, 4) is 0 Å². The summed E-state index contributed by atoms with van der Waals surface area (Å²) in [5.41, 5.74) is 2.96. The second-order valence-corrected chi connectivity index (χ2v) is 5.74. The van der Waals surface area contributed by atoms with E-state index in [1.54, 1.807) is 0 Å². The minimum atomic E-state index is 0.281. The molecule has 1 aliphatic heterocycles. The summed E-state index contributed by atoms with van der Waals surface area (Å²) in [6, 6.07) is 9.50. The molecule has 1 N–H and O–H groups in total. The van der Waals surface area contributed by atoms with Crippen molar-refractivity contribution in [1.82, 2.24) is 5.32 Å². The third kappa shape index (κ3) is 2.81. The molecule has 0 aromatic heterocycles. The van der Waals surface area contributed by atoms with E-state index in [1.807, 2.05) is 0 Å².